The van der Waals surface area contributed by atoms with Gasteiger partial charge in [-0.05, 0) is 23.8 Å². The van der Waals surface area contributed by atoms with Crippen LogP contribution in [0.15, 0.2) is 34.8 Å². The molecular formula is C13H8BrF2NO4. The Morgan fingerprint density at radius 2 is 1.95 bits per heavy atom. The Bertz CT molecular complexity index is 709. The van der Waals surface area contributed by atoms with Crippen LogP contribution in [0.4, 0.5) is 14.5 Å². The maximum Gasteiger partial charge on any atom is 0.311 e. The van der Waals surface area contributed by atoms with Crippen LogP contribution in [0.2, 0.25) is 0 Å². The molecule has 0 radical (unpaired) electrons. The van der Waals surface area contributed by atoms with E-state index in [-0.39, 0.29) is 16.8 Å². The Balaban J connectivity index is 2.47. The summed E-state index contributed by atoms with van der Waals surface area (Å²) in [5.41, 5.74) is -0.156. The van der Waals surface area contributed by atoms with E-state index in [2.05, 4.69) is 15.9 Å². The SMILES string of the molecule is O=[N+]([O-])c1cc(CO)ccc1Oc1cc(Br)cc(F)c1F. The lowest BCUT2D eigenvalue weighted by molar-refractivity contribution is -0.385. The Morgan fingerprint density at radius 3 is 2.57 bits per heavy atom. The third-order valence-electron chi connectivity index (χ3n) is 2.58. The fourth-order valence-corrected chi connectivity index (χ4v) is 2.02. The van der Waals surface area contributed by atoms with Crippen LogP contribution in [0.3, 0.4) is 0 Å². The number of halogens is 3. The standard InChI is InChI=1S/C13H8BrF2NO4/c14-8-4-9(15)13(16)12(5-8)21-11-2-1-7(6-18)3-10(11)17(19)20/h1-5,18H,6H2. The molecule has 0 heterocycles. The number of nitrogens with zero attached hydrogens (tertiary/aromatic N) is 1. The number of benzene rings is 2. The van der Waals surface area contributed by atoms with Gasteiger partial charge in [-0.3, -0.25) is 10.1 Å². The van der Waals surface area contributed by atoms with Gasteiger partial charge in [-0.25, -0.2) is 4.39 Å². The topological polar surface area (TPSA) is 72.6 Å². The Kier molecular flexibility index (Phi) is 4.49. The molecule has 0 saturated carbocycles. The van der Waals surface area contributed by atoms with Crippen LogP contribution in [-0.2, 0) is 6.61 Å². The van der Waals surface area contributed by atoms with Crippen molar-refractivity contribution < 1.29 is 23.5 Å². The van der Waals surface area contributed by atoms with Gasteiger partial charge in [-0.15, -0.1) is 0 Å². The molecule has 21 heavy (non-hydrogen) atoms. The van der Waals surface area contributed by atoms with Gasteiger partial charge in [0.05, 0.1) is 11.5 Å². The Labute approximate surface area is 126 Å². The minimum Gasteiger partial charge on any atom is -0.447 e. The van der Waals surface area contributed by atoms with Crippen LogP contribution in [0.25, 0.3) is 0 Å². The van der Waals surface area contributed by atoms with E-state index in [0.29, 0.717) is 5.56 Å². The summed E-state index contributed by atoms with van der Waals surface area (Å²) in [6, 6.07) is 5.76. The molecule has 0 atom stereocenters. The van der Waals surface area contributed by atoms with Gasteiger partial charge in [0, 0.05) is 10.5 Å². The number of ether oxygens (including phenoxy) is 1. The van der Waals surface area contributed by atoms with Gasteiger partial charge in [0.2, 0.25) is 11.6 Å². The van der Waals surface area contributed by atoms with E-state index in [1.807, 2.05) is 0 Å². The van der Waals surface area contributed by atoms with E-state index < -0.39 is 28.0 Å². The second-order valence-corrected chi connectivity index (χ2v) is 4.93. The quantitative estimate of drug-likeness (QED) is 0.510. The Hall–Kier alpha value is -2.06. The molecule has 0 spiro atoms. The van der Waals surface area contributed by atoms with E-state index >= 15 is 0 Å². The van der Waals surface area contributed by atoms with E-state index in [4.69, 9.17) is 9.84 Å². The fraction of sp³-hybridized carbons (Fsp3) is 0.0769. The molecule has 0 amide bonds. The number of hydrogen-bond donors (Lipinski definition) is 1. The van der Waals surface area contributed by atoms with Crippen molar-refractivity contribution in [1.29, 1.82) is 0 Å². The number of nitro benzene ring substituents is 1. The number of rotatable bonds is 4. The molecule has 1 N–H and O–H groups in total. The number of aliphatic hydroxyl groups is 1. The van der Waals surface area contributed by atoms with Gasteiger partial charge in [0.15, 0.2) is 11.6 Å². The molecule has 0 aliphatic heterocycles. The molecule has 0 aromatic heterocycles. The molecule has 2 rings (SSSR count). The average molecular weight is 360 g/mol. The normalized spacial score (nSPS) is 10.5. The van der Waals surface area contributed by atoms with Gasteiger partial charge in [0.25, 0.3) is 0 Å². The predicted octanol–water partition coefficient (Wildman–Crippen LogP) is 3.92. The number of hydrogen-bond acceptors (Lipinski definition) is 4. The van der Waals surface area contributed by atoms with Crippen LogP contribution in [0.1, 0.15) is 5.56 Å². The van der Waals surface area contributed by atoms with Crippen LogP contribution >= 0.6 is 15.9 Å². The third kappa shape index (κ3) is 3.34. The summed E-state index contributed by atoms with van der Waals surface area (Å²) in [5.74, 6) is -3.14. The van der Waals surface area contributed by atoms with Gasteiger partial charge < -0.3 is 9.84 Å². The van der Waals surface area contributed by atoms with Gasteiger partial charge in [-0.2, -0.15) is 4.39 Å². The van der Waals surface area contributed by atoms with Crippen LogP contribution in [0.5, 0.6) is 11.5 Å². The lowest BCUT2D eigenvalue weighted by atomic mass is 10.2. The minimum absolute atomic E-state index is 0.228. The molecule has 0 fully saturated rings. The molecule has 0 aliphatic rings. The van der Waals surface area contributed by atoms with Crippen molar-refractivity contribution in [3.05, 3.63) is 62.1 Å². The van der Waals surface area contributed by atoms with Crippen molar-refractivity contribution in [3.8, 4) is 11.5 Å². The van der Waals surface area contributed by atoms with Gasteiger partial charge in [0.1, 0.15) is 0 Å². The summed E-state index contributed by atoms with van der Waals surface area (Å²) in [6.45, 7) is -0.388. The van der Waals surface area contributed by atoms with Crippen LogP contribution in [-0.4, -0.2) is 10.0 Å². The van der Waals surface area contributed by atoms with Gasteiger partial charge >= 0.3 is 5.69 Å². The molecular weight excluding hydrogens is 352 g/mol. The number of aliphatic hydroxyl groups excluding tert-OH is 1. The first-order chi connectivity index (χ1) is 9.92. The predicted molar refractivity (Wildman–Crippen MR) is 73.2 cm³/mol. The lowest BCUT2D eigenvalue weighted by Gasteiger charge is -2.09. The summed E-state index contributed by atoms with van der Waals surface area (Å²) in [6.07, 6.45) is 0. The second-order valence-electron chi connectivity index (χ2n) is 4.02. The zero-order valence-corrected chi connectivity index (χ0v) is 11.9. The van der Waals surface area contributed by atoms with Crippen LogP contribution < -0.4 is 4.74 Å². The fourth-order valence-electron chi connectivity index (χ4n) is 1.62. The molecule has 2 aromatic rings. The van der Waals surface area contributed by atoms with E-state index in [0.717, 1.165) is 18.2 Å². The largest absolute Gasteiger partial charge is 0.447 e. The average Bonchev–Trinajstić information content (AvgIpc) is 2.44. The summed E-state index contributed by atoms with van der Waals surface area (Å²) >= 11 is 2.98. The van der Waals surface area contributed by atoms with Gasteiger partial charge in [-0.1, -0.05) is 22.0 Å². The van der Waals surface area contributed by atoms with Crippen molar-refractivity contribution in [2.75, 3.05) is 0 Å². The summed E-state index contributed by atoms with van der Waals surface area (Å²) in [7, 11) is 0. The highest BCUT2D eigenvalue weighted by Crippen LogP contribution is 2.35. The second kappa shape index (κ2) is 6.15. The van der Waals surface area contributed by atoms with Crippen molar-refractivity contribution in [2.45, 2.75) is 6.61 Å². The molecule has 8 heteroatoms. The monoisotopic (exact) mass is 359 g/mol. The van der Waals surface area contributed by atoms with Crippen molar-refractivity contribution in [1.82, 2.24) is 0 Å². The maximum absolute atomic E-state index is 13.6. The van der Waals surface area contributed by atoms with Crippen molar-refractivity contribution in [2.24, 2.45) is 0 Å². The highest BCUT2D eigenvalue weighted by molar-refractivity contribution is 9.10. The molecule has 5 nitrogen and oxygen atoms in total. The molecule has 0 bridgehead atoms. The zero-order valence-electron chi connectivity index (χ0n) is 10.3. The Morgan fingerprint density at radius 1 is 1.24 bits per heavy atom. The third-order valence-corrected chi connectivity index (χ3v) is 3.04. The maximum atomic E-state index is 13.6. The molecule has 0 aliphatic carbocycles. The summed E-state index contributed by atoms with van der Waals surface area (Å²) in [4.78, 5) is 10.2. The lowest BCUT2D eigenvalue weighted by Crippen LogP contribution is -1.98. The molecule has 0 unspecified atom stereocenters. The van der Waals surface area contributed by atoms with Crippen molar-refractivity contribution >= 4 is 21.6 Å². The molecule has 2 aromatic carbocycles. The van der Waals surface area contributed by atoms with E-state index in [1.165, 1.54) is 12.1 Å². The highest BCUT2D eigenvalue weighted by atomic mass is 79.9. The first kappa shape index (κ1) is 15.3. The number of nitro groups is 1. The summed E-state index contributed by atoms with van der Waals surface area (Å²) in [5, 5.41) is 19.9. The first-order valence-corrected chi connectivity index (χ1v) is 6.42. The minimum atomic E-state index is -1.25. The first-order valence-electron chi connectivity index (χ1n) is 5.63. The van der Waals surface area contributed by atoms with Crippen molar-refractivity contribution in [3.63, 3.8) is 0 Å². The van der Waals surface area contributed by atoms with E-state index in [9.17, 15) is 18.9 Å². The van der Waals surface area contributed by atoms with Crippen LogP contribution in [0, 0.1) is 21.7 Å². The molecule has 0 saturated heterocycles. The summed E-state index contributed by atoms with van der Waals surface area (Å²) < 4.78 is 32.2. The van der Waals surface area contributed by atoms with E-state index in [1.54, 1.807) is 0 Å². The highest BCUT2D eigenvalue weighted by Gasteiger charge is 2.19. The zero-order chi connectivity index (χ0) is 15.6. The molecule has 110 valence electrons. The smallest absolute Gasteiger partial charge is 0.311 e.